The fraction of sp³-hybridized carbons (Fsp3) is 0.571. The van der Waals surface area contributed by atoms with Crippen LogP contribution in [0.2, 0.25) is 0 Å². The van der Waals surface area contributed by atoms with Crippen molar-refractivity contribution >= 4 is 17.3 Å². The Morgan fingerprint density at radius 2 is 1.90 bits per heavy atom. The number of carbonyl (C=O) groups is 3. The van der Waals surface area contributed by atoms with Crippen molar-refractivity contribution in [3.63, 3.8) is 0 Å². The summed E-state index contributed by atoms with van der Waals surface area (Å²) in [7, 11) is 0. The van der Waals surface area contributed by atoms with Gasteiger partial charge >= 0.3 is 0 Å². The van der Waals surface area contributed by atoms with E-state index in [-0.39, 0.29) is 12.3 Å². The highest BCUT2D eigenvalue weighted by molar-refractivity contribution is 6.65. The third-order valence-corrected chi connectivity index (χ3v) is 1.73. The molecule has 1 aliphatic rings. The SMILES string of the molecule is CC1CCC(=O)C(=O)C1=O. The minimum atomic E-state index is -0.807. The molecule has 0 heterocycles. The quantitative estimate of drug-likeness (QED) is 0.449. The van der Waals surface area contributed by atoms with Crippen molar-refractivity contribution in [1.82, 2.24) is 0 Å². The molecular formula is C7H8O3. The van der Waals surface area contributed by atoms with Crippen LogP contribution in [0.4, 0.5) is 0 Å². The van der Waals surface area contributed by atoms with Gasteiger partial charge in [-0.2, -0.15) is 0 Å². The zero-order valence-corrected chi connectivity index (χ0v) is 5.72. The van der Waals surface area contributed by atoms with Crippen LogP contribution in [-0.2, 0) is 14.4 Å². The van der Waals surface area contributed by atoms with Crippen molar-refractivity contribution in [2.75, 3.05) is 0 Å². The molecular weight excluding hydrogens is 132 g/mol. The molecule has 1 saturated carbocycles. The molecule has 0 aromatic heterocycles. The molecule has 0 N–H and O–H groups in total. The molecule has 1 unspecified atom stereocenters. The Labute approximate surface area is 58.4 Å². The Balaban J connectivity index is 2.80. The Bertz CT molecular complexity index is 205. The summed E-state index contributed by atoms with van der Waals surface area (Å²) < 4.78 is 0. The van der Waals surface area contributed by atoms with E-state index in [1.54, 1.807) is 6.92 Å². The van der Waals surface area contributed by atoms with E-state index in [4.69, 9.17) is 0 Å². The average molecular weight is 140 g/mol. The van der Waals surface area contributed by atoms with E-state index in [1.165, 1.54) is 0 Å². The lowest BCUT2D eigenvalue weighted by molar-refractivity contribution is -0.147. The van der Waals surface area contributed by atoms with E-state index in [0.717, 1.165) is 0 Å². The molecule has 0 radical (unpaired) electrons. The molecule has 0 bridgehead atoms. The Hall–Kier alpha value is -0.990. The van der Waals surface area contributed by atoms with E-state index in [2.05, 4.69) is 0 Å². The van der Waals surface area contributed by atoms with Crippen LogP contribution in [0.3, 0.4) is 0 Å². The first-order valence-electron chi connectivity index (χ1n) is 3.24. The molecule has 0 amide bonds. The van der Waals surface area contributed by atoms with Gasteiger partial charge in [-0.25, -0.2) is 0 Å². The number of Topliss-reactive ketones (excluding diaryl/α,β-unsaturated/α-hetero) is 3. The van der Waals surface area contributed by atoms with Gasteiger partial charge in [0, 0.05) is 12.3 Å². The highest BCUT2D eigenvalue weighted by Gasteiger charge is 2.32. The number of hydrogen-bond acceptors (Lipinski definition) is 3. The molecule has 0 aliphatic heterocycles. The third kappa shape index (κ3) is 0.988. The molecule has 0 aromatic rings. The molecule has 10 heavy (non-hydrogen) atoms. The minimum absolute atomic E-state index is 0.242. The molecule has 1 fully saturated rings. The van der Waals surface area contributed by atoms with E-state index >= 15 is 0 Å². The molecule has 1 atom stereocenters. The summed E-state index contributed by atoms with van der Waals surface area (Å²) in [5.74, 6) is -2.09. The van der Waals surface area contributed by atoms with Crippen molar-refractivity contribution in [1.29, 1.82) is 0 Å². The summed E-state index contributed by atoms with van der Waals surface area (Å²) in [4.78, 5) is 32.0. The zero-order chi connectivity index (χ0) is 7.72. The van der Waals surface area contributed by atoms with Gasteiger partial charge in [-0.05, 0) is 6.42 Å². The van der Waals surface area contributed by atoms with E-state index < -0.39 is 17.3 Å². The number of carbonyl (C=O) groups excluding carboxylic acids is 3. The topological polar surface area (TPSA) is 51.2 Å². The standard InChI is InChI=1S/C7H8O3/c1-4-2-3-5(8)7(10)6(4)9/h4H,2-3H2,1H3. The zero-order valence-electron chi connectivity index (χ0n) is 5.72. The van der Waals surface area contributed by atoms with Gasteiger partial charge in [-0.15, -0.1) is 0 Å². The molecule has 1 aliphatic carbocycles. The van der Waals surface area contributed by atoms with Gasteiger partial charge in [0.05, 0.1) is 0 Å². The normalized spacial score (nSPS) is 27.3. The van der Waals surface area contributed by atoms with Gasteiger partial charge in [-0.3, -0.25) is 14.4 Å². The van der Waals surface area contributed by atoms with Gasteiger partial charge in [0.1, 0.15) is 0 Å². The monoisotopic (exact) mass is 140 g/mol. The Morgan fingerprint density at radius 1 is 1.30 bits per heavy atom. The van der Waals surface area contributed by atoms with Crippen molar-refractivity contribution in [2.24, 2.45) is 5.92 Å². The van der Waals surface area contributed by atoms with E-state index in [9.17, 15) is 14.4 Å². The minimum Gasteiger partial charge on any atom is -0.290 e. The second-order valence-corrected chi connectivity index (χ2v) is 2.56. The lowest BCUT2D eigenvalue weighted by Crippen LogP contribution is -2.34. The lowest BCUT2D eigenvalue weighted by atomic mass is 9.88. The van der Waals surface area contributed by atoms with Crippen LogP contribution in [0.1, 0.15) is 19.8 Å². The van der Waals surface area contributed by atoms with Crippen LogP contribution >= 0.6 is 0 Å². The van der Waals surface area contributed by atoms with Gasteiger partial charge < -0.3 is 0 Å². The number of rotatable bonds is 0. The van der Waals surface area contributed by atoms with Crippen molar-refractivity contribution < 1.29 is 14.4 Å². The van der Waals surface area contributed by atoms with E-state index in [1.807, 2.05) is 0 Å². The van der Waals surface area contributed by atoms with Crippen LogP contribution in [0.15, 0.2) is 0 Å². The first kappa shape index (κ1) is 7.12. The van der Waals surface area contributed by atoms with Gasteiger partial charge in [0.25, 0.3) is 5.78 Å². The van der Waals surface area contributed by atoms with Crippen LogP contribution < -0.4 is 0 Å². The lowest BCUT2D eigenvalue weighted by Gasteiger charge is -2.12. The number of ketones is 3. The largest absolute Gasteiger partial charge is 0.290 e. The van der Waals surface area contributed by atoms with Crippen molar-refractivity contribution in [2.45, 2.75) is 19.8 Å². The van der Waals surface area contributed by atoms with E-state index in [0.29, 0.717) is 6.42 Å². The maximum absolute atomic E-state index is 10.8. The van der Waals surface area contributed by atoms with Crippen LogP contribution in [0, 0.1) is 5.92 Å². The van der Waals surface area contributed by atoms with Crippen LogP contribution in [0.5, 0.6) is 0 Å². The predicted molar refractivity (Wildman–Crippen MR) is 33.4 cm³/mol. The fourth-order valence-electron chi connectivity index (χ4n) is 0.953. The van der Waals surface area contributed by atoms with Crippen LogP contribution in [0.25, 0.3) is 0 Å². The molecule has 0 saturated heterocycles. The highest BCUT2D eigenvalue weighted by Crippen LogP contribution is 2.14. The maximum Gasteiger partial charge on any atom is 0.264 e. The van der Waals surface area contributed by atoms with Crippen molar-refractivity contribution in [3.8, 4) is 0 Å². The molecule has 1 rings (SSSR count). The average Bonchev–Trinajstić information content (AvgIpc) is 1.93. The Morgan fingerprint density at radius 3 is 2.40 bits per heavy atom. The predicted octanol–water partition coefficient (Wildman–Crippen LogP) is 0.124. The summed E-state index contributed by atoms with van der Waals surface area (Å²) >= 11 is 0. The smallest absolute Gasteiger partial charge is 0.264 e. The molecule has 0 spiro atoms. The first-order valence-corrected chi connectivity index (χ1v) is 3.24. The summed E-state index contributed by atoms with van der Waals surface area (Å²) in [5.41, 5.74) is 0. The van der Waals surface area contributed by atoms with Gasteiger partial charge in [-0.1, -0.05) is 6.92 Å². The summed E-state index contributed by atoms with van der Waals surface area (Å²) in [6.07, 6.45) is 0.773. The first-order chi connectivity index (χ1) is 4.63. The van der Waals surface area contributed by atoms with Crippen molar-refractivity contribution in [3.05, 3.63) is 0 Å². The maximum atomic E-state index is 10.8. The second kappa shape index (κ2) is 2.33. The summed E-state index contributed by atoms with van der Waals surface area (Å²) in [5, 5.41) is 0. The van der Waals surface area contributed by atoms with Crippen LogP contribution in [-0.4, -0.2) is 17.3 Å². The van der Waals surface area contributed by atoms with Gasteiger partial charge in [0.15, 0.2) is 0 Å². The Kier molecular flexibility index (Phi) is 1.66. The molecule has 3 nitrogen and oxygen atoms in total. The van der Waals surface area contributed by atoms with Gasteiger partial charge in [0.2, 0.25) is 11.6 Å². The fourth-order valence-corrected chi connectivity index (χ4v) is 0.953. The summed E-state index contributed by atoms with van der Waals surface area (Å²) in [6, 6.07) is 0. The number of hydrogen-bond donors (Lipinski definition) is 0. The second-order valence-electron chi connectivity index (χ2n) is 2.56. The summed E-state index contributed by atoms with van der Waals surface area (Å²) in [6.45, 7) is 1.67. The molecule has 0 aromatic carbocycles. The highest BCUT2D eigenvalue weighted by atomic mass is 16.2. The third-order valence-electron chi connectivity index (χ3n) is 1.73. The molecule has 3 heteroatoms. The molecule has 54 valence electrons.